The van der Waals surface area contributed by atoms with Gasteiger partial charge < -0.3 is 10.1 Å². The first-order valence-corrected chi connectivity index (χ1v) is 10.6. The first-order chi connectivity index (χ1) is 15.9. The van der Waals surface area contributed by atoms with E-state index in [2.05, 4.69) is 30.5 Å². The maximum Gasteiger partial charge on any atom is 0.338 e. The molecule has 170 valence electrons. The van der Waals surface area contributed by atoms with E-state index in [0.29, 0.717) is 16.9 Å². The van der Waals surface area contributed by atoms with Gasteiger partial charge in [-0.2, -0.15) is 5.10 Å². The maximum absolute atomic E-state index is 14.5. The van der Waals surface area contributed by atoms with Gasteiger partial charge in [0.2, 0.25) is 0 Å². The fraction of sp³-hybridized carbons (Fsp3) is 0.150. The number of aliphatic imine (C=N–C) groups is 1. The van der Waals surface area contributed by atoms with Crippen molar-refractivity contribution in [1.82, 2.24) is 25.5 Å². The number of amidine groups is 1. The van der Waals surface area contributed by atoms with E-state index in [1.807, 2.05) is 0 Å². The highest BCUT2D eigenvalue weighted by Gasteiger charge is 2.34. The summed E-state index contributed by atoms with van der Waals surface area (Å²) in [5.41, 5.74) is 0.376. The second-order valence-electron chi connectivity index (χ2n) is 6.62. The number of pyridine rings is 1. The molecule has 1 aliphatic rings. The zero-order chi connectivity index (χ0) is 23.5. The molecule has 2 N–H and O–H groups in total. The molecule has 0 unspecified atom stereocenters. The Balaban J connectivity index is 1.85. The number of hydrogen-bond donors (Lipinski definition) is 2. The van der Waals surface area contributed by atoms with E-state index >= 15 is 0 Å². The fourth-order valence-corrected chi connectivity index (χ4v) is 4.14. The number of methoxy groups -OCH3 is 1. The molecule has 0 radical (unpaired) electrons. The molecule has 8 nitrogen and oxygen atoms in total. The summed E-state index contributed by atoms with van der Waals surface area (Å²) in [5, 5.41) is 9.80. The number of thioether (sulfide) groups is 1. The van der Waals surface area contributed by atoms with E-state index in [-0.39, 0.29) is 33.4 Å². The lowest BCUT2D eigenvalue weighted by Crippen LogP contribution is -2.36. The zero-order valence-electron chi connectivity index (χ0n) is 16.8. The van der Waals surface area contributed by atoms with Crippen LogP contribution >= 0.6 is 23.4 Å². The summed E-state index contributed by atoms with van der Waals surface area (Å²) in [7, 11) is 1.19. The number of carbonyl (C=O) groups is 1. The Kier molecular flexibility index (Phi) is 6.65. The molecule has 0 saturated heterocycles. The van der Waals surface area contributed by atoms with Crippen molar-refractivity contribution in [3.8, 4) is 0 Å². The second kappa shape index (κ2) is 9.63. The number of aromatic amines is 1. The molecule has 1 aliphatic heterocycles. The van der Waals surface area contributed by atoms with Crippen molar-refractivity contribution in [3.63, 3.8) is 0 Å². The minimum absolute atomic E-state index is 0.00109. The maximum atomic E-state index is 14.5. The molecule has 3 aromatic rings. The lowest BCUT2D eigenvalue weighted by molar-refractivity contribution is -0.136. The molecule has 0 aliphatic carbocycles. The summed E-state index contributed by atoms with van der Waals surface area (Å²) in [6.07, 6.45) is 2.16. The lowest BCUT2D eigenvalue weighted by Gasteiger charge is -2.27. The number of rotatable bonds is 6. The molecule has 2 aromatic heterocycles. The number of H-pyrrole nitrogens is 1. The van der Waals surface area contributed by atoms with E-state index in [1.165, 1.54) is 31.3 Å². The van der Waals surface area contributed by atoms with Crippen LogP contribution in [0, 0.1) is 17.5 Å². The van der Waals surface area contributed by atoms with Crippen LogP contribution in [-0.4, -0.2) is 44.8 Å². The van der Waals surface area contributed by atoms with E-state index in [4.69, 9.17) is 16.3 Å². The SMILES string of the molecule is COC(=O)C1=C(CSc2ncn[nH]2)NC(c2ncc(F)cc2F)=N[C@H]1c1ccc(F)cc1Cl. The highest BCUT2D eigenvalue weighted by molar-refractivity contribution is 7.99. The average Bonchev–Trinajstić information content (AvgIpc) is 3.30. The largest absolute Gasteiger partial charge is 0.466 e. The van der Waals surface area contributed by atoms with Gasteiger partial charge in [0.05, 0.1) is 18.9 Å². The number of esters is 1. The molecule has 4 rings (SSSR count). The number of nitrogens with one attached hydrogen (secondary N) is 2. The van der Waals surface area contributed by atoms with Gasteiger partial charge in [0, 0.05) is 28.1 Å². The third-order valence-electron chi connectivity index (χ3n) is 4.57. The molecule has 13 heteroatoms. The van der Waals surface area contributed by atoms with Crippen molar-refractivity contribution >= 4 is 35.2 Å². The Morgan fingerprint density at radius 1 is 1.21 bits per heavy atom. The first-order valence-electron chi connectivity index (χ1n) is 9.28. The van der Waals surface area contributed by atoms with Gasteiger partial charge in [0.25, 0.3) is 0 Å². The van der Waals surface area contributed by atoms with E-state index in [0.717, 1.165) is 18.3 Å². The Morgan fingerprint density at radius 2 is 2.03 bits per heavy atom. The molecule has 33 heavy (non-hydrogen) atoms. The van der Waals surface area contributed by atoms with Gasteiger partial charge in [-0.1, -0.05) is 29.4 Å². The summed E-state index contributed by atoms with van der Waals surface area (Å²) >= 11 is 7.45. The van der Waals surface area contributed by atoms with Crippen LogP contribution in [0.5, 0.6) is 0 Å². The predicted octanol–water partition coefficient (Wildman–Crippen LogP) is 3.58. The standard InChI is InChI=1S/C20H14ClF3N6O2S/c1-32-19(31)15-14(7-33-20-26-8-27-30-20)28-18(17-13(24)5-10(23)6-25-17)29-16(15)11-3-2-9(22)4-12(11)21/h2-6,8,16H,7H2,1H3,(H,28,29)(H,26,27,30)/t16-/m0/s1. The quantitative estimate of drug-likeness (QED) is 0.398. The molecule has 0 amide bonds. The third kappa shape index (κ3) is 4.86. The molecular weight excluding hydrogens is 481 g/mol. The number of halogens is 4. The number of ether oxygens (including phenoxy) is 1. The summed E-state index contributed by atoms with van der Waals surface area (Å²) in [6, 6.07) is 3.18. The number of aromatic nitrogens is 4. The topological polar surface area (TPSA) is 105 Å². The van der Waals surface area contributed by atoms with Crippen LogP contribution < -0.4 is 5.32 Å². The van der Waals surface area contributed by atoms with Crippen molar-refractivity contribution < 1.29 is 22.7 Å². The second-order valence-corrected chi connectivity index (χ2v) is 7.99. The van der Waals surface area contributed by atoms with E-state index in [1.54, 1.807) is 0 Å². The van der Waals surface area contributed by atoms with Crippen LogP contribution in [0.3, 0.4) is 0 Å². The normalized spacial score (nSPS) is 15.8. The van der Waals surface area contributed by atoms with Gasteiger partial charge in [-0.3, -0.25) is 10.1 Å². The van der Waals surface area contributed by atoms with Crippen molar-refractivity contribution in [1.29, 1.82) is 0 Å². The van der Waals surface area contributed by atoms with Crippen LogP contribution in [-0.2, 0) is 9.53 Å². The highest BCUT2D eigenvalue weighted by Crippen LogP contribution is 2.37. The Morgan fingerprint density at radius 3 is 2.70 bits per heavy atom. The first kappa shape index (κ1) is 22.8. The van der Waals surface area contributed by atoms with Crippen molar-refractivity contribution in [2.24, 2.45) is 4.99 Å². The summed E-state index contributed by atoms with van der Waals surface area (Å²) in [4.78, 5) is 25.0. The minimum atomic E-state index is -1.08. The lowest BCUT2D eigenvalue weighted by atomic mass is 9.95. The van der Waals surface area contributed by atoms with Crippen LogP contribution in [0.2, 0.25) is 5.02 Å². The van der Waals surface area contributed by atoms with Gasteiger partial charge in [-0.05, 0) is 12.1 Å². The van der Waals surface area contributed by atoms with Crippen molar-refractivity contribution in [3.05, 3.63) is 81.8 Å². The van der Waals surface area contributed by atoms with Crippen LogP contribution in [0.15, 0.2) is 58.2 Å². The molecule has 1 aromatic carbocycles. The smallest absolute Gasteiger partial charge is 0.338 e. The number of nitrogens with zero attached hydrogens (tertiary/aromatic N) is 4. The molecule has 0 fully saturated rings. The van der Waals surface area contributed by atoms with Crippen molar-refractivity contribution in [2.75, 3.05) is 12.9 Å². The van der Waals surface area contributed by atoms with Gasteiger partial charge in [-0.25, -0.2) is 27.9 Å². The highest BCUT2D eigenvalue weighted by atomic mass is 35.5. The van der Waals surface area contributed by atoms with Crippen LogP contribution in [0.1, 0.15) is 17.3 Å². The van der Waals surface area contributed by atoms with E-state index in [9.17, 15) is 18.0 Å². The van der Waals surface area contributed by atoms with E-state index < -0.39 is 29.5 Å². The van der Waals surface area contributed by atoms with Gasteiger partial charge in [0.1, 0.15) is 29.7 Å². The van der Waals surface area contributed by atoms with Crippen LogP contribution in [0.25, 0.3) is 0 Å². The molecule has 0 spiro atoms. The molecular formula is C20H14ClF3N6O2S. The minimum Gasteiger partial charge on any atom is -0.466 e. The molecule has 0 bridgehead atoms. The Hall–Kier alpha value is -3.38. The van der Waals surface area contributed by atoms with Gasteiger partial charge in [0.15, 0.2) is 16.8 Å². The monoisotopic (exact) mass is 494 g/mol. The summed E-state index contributed by atoms with van der Waals surface area (Å²) in [5.74, 6) is -3.07. The number of carbonyl (C=O) groups excluding carboxylic acids is 1. The molecule has 0 saturated carbocycles. The number of benzene rings is 1. The van der Waals surface area contributed by atoms with Crippen LogP contribution in [0.4, 0.5) is 13.2 Å². The third-order valence-corrected chi connectivity index (χ3v) is 5.80. The number of hydrogen-bond acceptors (Lipinski definition) is 8. The predicted molar refractivity (Wildman–Crippen MR) is 114 cm³/mol. The zero-order valence-corrected chi connectivity index (χ0v) is 18.3. The summed E-state index contributed by atoms with van der Waals surface area (Å²) in [6.45, 7) is 0. The Labute approximate surface area is 194 Å². The summed E-state index contributed by atoms with van der Waals surface area (Å²) < 4.78 is 46.5. The fourth-order valence-electron chi connectivity index (χ4n) is 3.12. The molecule has 3 heterocycles. The average molecular weight is 495 g/mol. The van der Waals surface area contributed by atoms with Gasteiger partial charge in [-0.15, -0.1) is 0 Å². The van der Waals surface area contributed by atoms with Gasteiger partial charge >= 0.3 is 5.97 Å². The Bertz CT molecular complexity index is 1270. The van der Waals surface area contributed by atoms with Crippen molar-refractivity contribution in [2.45, 2.75) is 11.2 Å². The molecule has 1 atom stereocenters.